The smallest absolute Gasteiger partial charge is 0.123 e. The van der Waals surface area contributed by atoms with Crippen molar-refractivity contribution in [2.45, 2.75) is 9.79 Å². The van der Waals surface area contributed by atoms with Crippen LogP contribution in [0.5, 0.6) is 0 Å². The predicted octanol–water partition coefficient (Wildman–Crippen LogP) is 7.45. The highest BCUT2D eigenvalue weighted by Gasteiger charge is 2.03. The Balaban J connectivity index is 1.49. The number of hydrogen-bond donors (Lipinski definition) is 0. The van der Waals surface area contributed by atoms with Crippen LogP contribution in [0.4, 0.5) is 8.78 Å². The largest absolute Gasteiger partial charge is 0.207 e. The summed E-state index contributed by atoms with van der Waals surface area (Å²) in [5, 5.41) is 0. The lowest BCUT2D eigenvalue weighted by atomic mass is 10.1. The van der Waals surface area contributed by atoms with Gasteiger partial charge < -0.3 is 0 Å². The highest BCUT2D eigenvalue weighted by atomic mass is 32.2. The maximum absolute atomic E-state index is 13.4. The van der Waals surface area contributed by atoms with Gasteiger partial charge in [0.25, 0.3) is 0 Å². The Hall–Kier alpha value is -2.91. The molecule has 0 saturated heterocycles. The molecule has 4 aromatic carbocycles. The highest BCUT2D eigenvalue weighted by molar-refractivity contribution is 7.99. The molecule has 0 aliphatic rings. The Labute approximate surface area is 161 Å². The van der Waals surface area contributed by atoms with E-state index in [1.165, 1.54) is 24.3 Å². The summed E-state index contributed by atoms with van der Waals surface area (Å²) in [4.78, 5) is 2.21. The van der Waals surface area contributed by atoms with Crippen LogP contribution in [0.3, 0.4) is 0 Å². The van der Waals surface area contributed by atoms with Gasteiger partial charge in [0.05, 0.1) is 0 Å². The molecule has 0 bridgehead atoms. The van der Waals surface area contributed by atoms with Crippen LogP contribution in [0, 0.1) is 11.6 Å². The number of benzene rings is 4. The maximum atomic E-state index is 13.4. The number of rotatable bonds is 4. The van der Waals surface area contributed by atoms with Crippen LogP contribution >= 0.6 is 11.8 Å². The third-order valence-electron chi connectivity index (χ3n) is 4.26. The van der Waals surface area contributed by atoms with Gasteiger partial charge in [-0.3, -0.25) is 0 Å². The molecule has 3 heteroatoms. The van der Waals surface area contributed by atoms with E-state index in [9.17, 15) is 8.78 Å². The minimum Gasteiger partial charge on any atom is -0.207 e. The zero-order valence-corrected chi connectivity index (χ0v) is 15.2. The van der Waals surface area contributed by atoms with E-state index in [-0.39, 0.29) is 11.6 Å². The van der Waals surface area contributed by atoms with Crippen molar-refractivity contribution in [2.75, 3.05) is 0 Å². The molecule has 0 radical (unpaired) electrons. The molecule has 0 amide bonds. The van der Waals surface area contributed by atoms with Gasteiger partial charge in [0.1, 0.15) is 11.6 Å². The lowest BCUT2D eigenvalue weighted by molar-refractivity contribution is 0.628. The average molecular weight is 374 g/mol. The van der Waals surface area contributed by atoms with Crippen LogP contribution in [0.15, 0.2) is 107 Å². The van der Waals surface area contributed by atoms with Gasteiger partial charge >= 0.3 is 0 Å². The summed E-state index contributed by atoms with van der Waals surface area (Å²) in [5.41, 5.74) is 3.71. The number of hydrogen-bond acceptors (Lipinski definition) is 1. The minimum absolute atomic E-state index is 0.232. The van der Waals surface area contributed by atoms with Crippen LogP contribution in [-0.4, -0.2) is 0 Å². The van der Waals surface area contributed by atoms with Gasteiger partial charge in [0, 0.05) is 9.79 Å². The summed E-state index contributed by atoms with van der Waals surface area (Å²) in [7, 11) is 0. The van der Waals surface area contributed by atoms with Crippen molar-refractivity contribution < 1.29 is 8.78 Å². The van der Waals surface area contributed by atoms with Crippen LogP contribution in [0.2, 0.25) is 0 Å². The van der Waals surface area contributed by atoms with E-state index < -0.39 is 0 Å². The second-order valence-electron chi connectivity index (χ2n) is 6.17. The van der Waals surface area contributed by atoms with Crippen molar-refractivity contribution in [1.29, 1.82) is 0 Å². The molecule has 0 spiro atoms. The third kappa shape index (κ3) is 4.26. The molecule has 4 aromatic rings. The average Bonchev–Trinajstić information content (AvgIpc) is 2.69. The lowest BCUT2D eigenvalue weighted by Gasteiger charge is -2.06. The Morgan fingerprint density at radius 3 is 1.22 bits per heavy atom. The molecule has 132 valence electrons. The van der Waals surface area contributed by atoms with Crippen molar-refractivity contribution in [2.24, 2.45) is 0 Å². The summed E-state index contributed by atoms with van der Waals surface area (Å²) in [6.07, 6.45) is 0. The zero-order valence-electron chi connectivity index (χ0n) is 14.4. The maximum Gasteiger partial charge on any atom is 0.123 e. The minimum atomic E-state index is -0.232. The zero-order chi connectivity index (χ0) is 18.6. The van der Waals surface area contributed by atoms with Crippen molar-refractivity contribution >= 4 is 11.8 Å². The van der Waals surface area contributed by atoms with E-state index in [1.807, 2.05) is 60.7 Å². The summed E-state index contributed by atoms with van der Waals surface area (Å²) in [5.74, 6) is -0.464. The predicted molar refractivity (Wildman–Crippen MR) is 108 cm³/mol. The van der Waals surface area contributed by atoms with Gasteiger partial charge in [-0.05, 0) is 70.8 Å². The van der Waals surface area contributed by atoms with Crippen LogP contribution < -0.4 is 0 Å². The van der Waals surface area contributed by atoms with E-state index in [0.29, 0.717) is 0 Å². The van der Waals surface area contributed by atoms with Crippen LogP contribution in [-0.2, 0) is 0 Å². The molecule has 0 heterocycles. The molecule has 27 heavy (non-hydrogen) atoms. The van der Waals surface area contributed by atoms with Gasteiger partial charge in [-0.2, -0.15) is 0 Å². The molecule has 0 aliphatic heterocycles. The molecule has 0 atom stereocenters. The molecule has 0 aliphatic carbocycles. The first kappa shape index (κ1) is 17.5. The quantitative estimate of drug-likeness (QED) is 0.357. The van der Waals surface area contributed by atoms with E-state index in [1.54, 1.807) is 23.9 Å². The monoisotopic (exact) mass is 374 g/mol. The summed E-state index contributed by atoms with van der Waals surface area (Å²) < 4.78 is 26.7. The van der Waals surface area contributed by atoms with Crippen molar-refractivity contribution in [3.05, 3.63) is 109 Å². The van der Waals surface area contributed by atoms with Crippen molar-refractivity contribution in [3.8, 4) is 22.3 Å². The van der Waals surface area contributed by atoms with Gasteiger partial charge in [-0.1, -0.05) is 60.3 Å². The molecular weight excluding hydrogens is 358 g/mol. The third-order valence-corrected chi connectivity index (χ3v) is 5.28. The first-order chi connectivity index (χ1) is 13.2. The Morgan fingerprint density at radius 1 is 0.444 bits per heavy atom. The van der Waals surface area contributed by atoms with E-state index in [4.69, 9.17) is 0 Å². The Kier molecular flexibility index (Phi) is 5.03. The molecule has 0 saturated carbocycles. The second kappa shape index (κ2) is 7.77. The van der Waals surface area contributed by atoms with Gasteiger partial charge in [0.15, 0.2) is 0 Å². The molecule has 0 nitrogen and oxygen atoms in total. The highest BCUT2D eigenvalue weighted by Crippen LogP contribution is 2.31. The summed E-state index contributed by atoms with van der Waals surface area (Å²) >= 11 is 1.65. The second-order valence-corrected chi connectivity index (χ2v) is 7.32. The molecule has 4 rings (SSSR count). The topological polar surface area (TPSA) is 0 Å². The van der Waals surface area contributed by atoms with Crippen molar-refractivity contribution in [3.63, 3.8) is 0 Å². The molecule has 0 aromatic heterocycles. The normalized spacial score (nSPS) is 10.7. The fourth-order valence-electron chi connectivity index (χ4n) is 2.90. The number of halogens is 2. The molecule has 0 fully saturated rings. The molecule has 0 N–H and O–H groups in total. The summed E-state index contributed by atoms with van der Waals surface area (Å²) in [6, 6.07) is 29.3. The Morgan fingerprint density at radius 2 is 0.852 bits per heavy atom. The lowest BCUT2D eigenvalue weighted by Crippen LogP contribution is -1.82. The standard InChI is InChI=1S/C24H16F2S/c25-21-5-1-3-19(15-21)17-7-11-23(12-8-17)27-24-13-9-18(10-14-24)20-4-2-6-22(26)16-20/h1-16H. The first-order valence-corrected chi connectivity index (χ1v) is 9.39. The fourth-order valence-corrected chi connectivity index (χ4v) is 3.72. The van der Waals surface area contributed by atoms with Crippen molar-refractivity contribution in [1.82, 2.24) is 0 Å². The fraction of sp³-hybridized carbons (Fsp3) is 0. The van der Waals surface area contributed by atoms with Gasteiger partial charge in [-0.15, -0.1) is 0 Å². The van der Waals surface area contributed by atoms with Crippen LogP contribution in [0.25, 0.3) is 22.3 Å². The van der Waals surface area contributed by atoms with E-state index in [0.717, 1.165) is 32.0 Å². The molecular formula is C24H16F2S. The SMILES string of the molecule is Fc1cccc(-c2ccc(Sc3ccc(-c4cccc(F)c4)cc3)cc2)c1. The van der Waals surface area contributed by atoms with Gasteiger partial charge in [0.2, 0.25) is 0 Å². The molecule has 0 unspecified atom stereocenters. The first-order valence-electron chi connectivity index (χ1n) is 8.57. The van der Waals surface area contributed by atoms with E-state index in [2.05, 4.69) is 0 Å². The van der Waals surface area contributed by atoms with Gasteiger partial charge in [-0.25, -0.2) is 8.78 Å². The Bertz CT molecular complexity index is 967. The summed E-state index contributed by atoms with van der Waals surface area (Å²) in [6.45, 7) is 0. The van der Waals surface area contributed by atoms with E-state index >= 15 is 0 Å². The van der Waals surface area contributed by atoms with Crippen LogP contribution in [0.1, 0.15) is 0 Å².